The quantitative estimate of drug-likeness (QED) is 0.760. The topological polar surface area (TPSA) is 26.0 Å². The van der Waals surface area contributed by atoms with Gasteiger partial charge >= 0.3 is 0 Å². The van der Waals surface area contributed by atoms with Crippen molar-refractivity contribution in [1.29, 1.82) is 0 Å². The molecule has 1 aliphatic rings. The van der Waals surface area contributed by atoms with Gasteiger partial charge in [-0.05, 0) is 31.4 Å². The molecule has 0 aromatic heterocycles. The van der Waals surface area contributed by atoms with E-state index < -0.39 is 0 Å². The molecule has 2 unspecified atom stereocenters. The van der Waals surface area contributed by atoms with Crippen molar-refractivity contribution in [2.45, 2.75) is 64.2 Å². The summed E-state index contributed by atoms with van der Waals surface area (Å²) in [5.74, 6) is 1.32. The average molecular weight is 203 g/mol. The predicted octanol–water partition coefficient (Wildman–Crippen LogP) is 3.43. The molecule has 0 aliphatic heterocycles. The van der Waals surface area contributed by atoms with Crippen molar-refractivity contribution in [3.05, 3.63) is 0 Å². The van der Waals surface area contributed by atoms with E-state index in [1.54, 1.807) is 0 Å². The van der Waals surface area contributed by atoms with Crippen LogP contribution in [0.15, 0.2) is 0 Å². The minimum atomic E-state index is 0.498. The van der Waals surface area contributed by atoms with Crippen molar-refractivity contribution in [2.75, 3.05) is 5.75 Å². The Hall–Kier alpha value is 0.310. The third-order valence-electron chi connectivity index (χ3n) is 2.22. The monoisotopic (exact) mass is 203 g/mol. The van der Waals surface area contributed by atoms with Crippen LogP contribution in [0.3, 0.4) is 0 Å². The maximum Gasteiger partial charge on any atom is 0.00617 e. The Kier molecular flexibility index (Phi) is 9.10. The molecule has 0 aromatic carbocycles. The first-order chi connectivity index (χ1) is 6.33. The summed E-state index contributed by atoms with van der Waals surface area (Å²) in [6.45, 7) is 6.25. The van der Waals surface area contributed by atoms with Crippen LogP contribution in [0, 0.1) is 0 Å². The fourth-order valence-corrected chi connectivity index (χ4v) is 2.90. The van der Waals surface area contributed by atoms with Crippen LogP contribution in [0.5, 0.6) is 0 Å². The van der Waals surface area contributed by atoms with Crippen LogP contribution in [0.2, 0.25) is 0 Å². The standard InChI is InChI=1S/C9H19NS.C2H6/c1-2-6-11-9-5-3-4-8(10)7-9;1-2/h8-9H,2-7,10H2,1H3;1-2H3. The number of hydrogen-bond donors (Lipinski definition) is 1. The van der Waals surface area contributed by atoms with Gasteiger partial charge in [-0.15, -0.1) is 0 Å². The summed E-state index contributed by atoms with van der Waals surface area (Å²) in [4.78, 5) is 0. The van der Waals surface area contributed by atoms with Crippen molar-refractivity contribution in [2.24, 2.45) is 5.73 Å². The molecule has 1 saturated carbocycles. The van der Waals surface area contributed by atoms with Crippen LogP contribution in [0.1, 0.15) is 52.9 Å². The summed E-state index contributed by atoms with van der Waals surface area (Å²) < 4.78 is 0. The van der Waals surface area contributed by atoms with Gasteiger partial charge in [-0.1, -0.05) is 27.2 Å². The van der Waals surface area contributed by atoms with Crippen molar-refractivity contribution in [3.63, 3.8) is 0 Å². The lowest BCUT2D eigenvalue weighted by Crippen LogP contribution is -2.29. The van der Waals surface area contributed by atoms with Crippen LogP contribution in [0.4, 0.5) is 0 Å². The molecule has 2 heteroatoms. The second-order valence-corrected chi connectivity index (χ2v) is 4.83. The summed E-state index contributed by atoms with van der Waals surface area (Å²) in [6, 6.07) is 0.498. The Morgan fingerprint density at radius 1 is 1.31 bits per heavy atom. The molecule has 0 spiro atoms. The minimum Gasteiger partial charge on any atom is -0.328 e. The van der Waals surface area contributed by atoms with Crippen molar-refractivity contribution >= 4 is 11.8 Å². The van der Waals surface area contributed by atoms with E-state index in [0.717, 1.165) is 5.25 Å². The SMILES string of the molecule is CC.CCCSC1CCCC(N)C1. The van der Waals surface area contributed by atoms with E-state index in [-0.39, 0.29) is 0 Å². The van der Waals surface area contributed by atoms with Crippen molar-refractivity contribution < 1.29 is 0 Å². The van der Waals surface area contributed by atoms with Crippen LogP contribution in [0.25, 0.3) is 0 Å². The molecule has 1 rings (SSSR count). The second-order valence-electron chi connectivity index (χ2n) is 3.42. The van der Waals surface area contributed by atoms with Crippen LogP contribution < -0.4 is 5.73 Å². The van der Waals surface area contributed by atoms with E-state index in [1.165, 1.54) is 37.9 Å². The molecule has 80 valence electrons. The maximum absolute atomic E-state index is 5.88. The Balaban J connectivity index is 0.000000671. The van der Waals surface area contributed by atoms with Crippen LogP contribution in [-0.4, -0.2) is 17.0 Å². The number of nitrogens with two attached hydrogens (primary N) is 1. The van der Waals surface area contributed by atoms with Gasteiger partial charge in [0.25, 0.3) is 0 Å². The molecule has 2 atom stereocenters. The number of thioether (sulfide) groups is 1. The van der Waals surface area contributed by atoms with Gasteiger partial charge in [-0.25, -0.2) is 0 Å². The summed E-state index contributed by atoms with van der Waals surface area (Å²) in [6.07, 6.45) is 6.56. The van der Waals surface area contributed by atoms with E-state index in [4.69, 9.17) is 5.73 Å². The Morgan fingerprint density at radius 2 is 2.00 bits per heavy atom. The first kappa shape index (κ1) is 13.3. The Labute approximate surface area is 87.9 Å². The molecule has 13 heavy (non-hydrogen) atoms. The van der Waals surface area contributed by atoms with E-state index in [2.05, 4.69) is 18.7 Å². The lowest BCUT2D eigenvalue weighted by Gasteiger charge is -2.25. The highest BCUT2D eigenvalue weighted by Gasteiger charge is 2.18. The molecule has 2 N–H and O–H groups in total. The zero-order valence-corrected chi connectivity index (χ0v) is 10.2. The number of hydrogen-bond acceptors (Lipinski definition) is 2. The third kappa shape index (κ3) is 6.39. The fraction of sp³-hybridized carbons (Fsp3) is 1.00. The van der Waals surface area contributed by atoms with Gasteiger partial charge in [0, 0.05) is 11.3 Å². The van der Waals surface area contributed by atoms with Crippen LogP contribution in [-0.2, 0) is 0 Å². The molecule has 0 heterocycles. The molecule has 0 aromatic rings. The van der Waals surface area contributed by atoms with Crippen molar-refractivity contribution in [1.82, 2.24) is 0 Å². The number of rotatable bonds is 3. The van der Waals surface area contributed by atoms with Crippen LogP contribution >= 0.6 is 11.8 Å². The fourth-order valence-electron chi connectivity index (χ4n) is 1.62. The molecule has 1 fully saturated rings. The van der Waals surface area contributed by atoms with Gasteiger partial charge in [0.1, 0.15) is 0 Å². The van der Waals surface area contributed by atoms with Gasteiger partial charge in [0.05, 0.1) is 0 Å². The Bertz CT molecular complexity index is 106. The summed E-state index contributed by atoms with van der Waals surface area (Å²) in [5.41, 5.74) is 5.88. The van der Waals surface area contributed by atoms with Gasteiger partial charge in [-0.2, -0.15) is 11.8 Å². The highest BCUT2D eigenvalue weighted by Crippen LogP contribution is 2.27. The highest BCUT2D eigenvalue weighted by molar-refractivity contribution is 7.99. The van der Waals surface area contributed by atoms with Gasteiger partial charge in [0.15, 0.2) is 0 Å². The normalized spacial score (nSPS) is 27.7. The molecular formula is C11H25NS. The first-order valence-corrected chi connectivity index (χ1v) is 6.75. The van der Waals surface area contributed by atoms with Gasteiger partial charge < -0.3 is 5.73 Å². The van der Waals surface area contributed by atoms with E-state index in [0.29, 0.717) is 6.04 Å². The highest BCUT2D eigenvalue weighted by atomic mass is 32.2. The second kappa shape index (κ2) is 8.89. The minimum absolute atomic E-state index is 0.498. The van der Waals surface area contributed by atoms with Gasteiger partial charge in [-0.3, -0.25) is 0 Å². The molecule has 1 aliphatic carbocycles. The maximum atomic E-state index is 5.88. The zero-order chi connectivity index (χ0) is 10.1. The molecular weight excluding hydrogens is 178 g/mol. The molecule has 0 radical (unpaired) electrons. The largest absolute Gasteiger partial charge is 0.328 e. The van der Waals surface area contributed by atoms with Gasteiger partial charge in [0.2, 0.25) is 0 Å². The lowest BCUT2D eigenvalue weighted by atomic mass is 9.96. The van der Waals surface area contributed by atoms with Crippen molar-refractivity contribution in [3.8, 4) is 0 Å². The Morgan fingerprint density at radius 3 is 2.54 bits per heavy atom. The smallest absolute Gasteiger partial charge is 0.00617 e. The molecule has 0 bridgehead atoms. The summed E-state index contributed by atoms with van der Waals surface area (Å²) in [5, 5.41) is 0.874. The molecule has 1 nitrogen and oxygen atoms in total. The third-order valence-corrected chi connectivity index (χ3v) is 3.77. The first-order valence-electron chi connectivity index (χ1n) is 5.70. The van der Waals surface area contributed by atoms with E-state index >= 15 is 0 Å². The van der Waals surface area contributed by atoms with E-state index in [9.17, 15) is 0 Å². The average Bonchev–Trinajstić information content (AvgIpc) is 2.18. The molecule has 0 amide bonds. The molecule has 0 saturated heterocycles. The zero-order valence-electron chi connectivity index (χ0n) is 9.38. The van der Waals surface area contributed by atoms with E-state index in [1.807, 2.05) is 13.8 Å². The summed E-state index contributed by atoms with van der Waals surface area (Å²) >= 11 is 2.12. The summed E-state index contributed by atoms with van der Waals surface area (Å²) in [7, 11) is 0. The lowest BCUT2D eigenvalue weighted by molar-refractivity contribution is 0.451. The predicted molar refractivity (Wildman–Crippen MR) is 64.3 cm³/mol.